The van der Waals surface area contributed by atoms with Gasteiger partial charge in [-0.1, -0.05) is 26.0 Å². The molecule has 2 rings (SSSR count). The monoisotopic (exact) mass is 401 g/mol. The summed E-state index contributed by atoms with van der Waals surface area (Å²) in [5.74, 6) is -1.94. The van der Waals surface area contributed by atoms with E-state index < -0.39 is 30.9 Å². The molecule has 3 N–H and O–H groups in total. The van der Waals surface area contributed by atoms with Crippen molar-refractivity contribution in [1.29, 1.82) is 0 Å². The molecule has 0 aliphatic rings. The second-order valence-electron chi connectivity index (χ2n) is 6.52. The number of furan rings is 1. The fourth-order valence-electron chi connectivity index (χ4n) is 2.21. The zero-order valence-electron chi connectivity index (χ0n) is 16.2. The summed E-state index contributed by atoms with van der Waals surface area (Å²) in [6.07, 6.45) is 1.33. The van der Waals surface area contributed by atoms with Crippen molar-refractivity contribution in [2.75, 3.05) is 25.0 Å². The minimum atomic E-state index is -0.789. The van der Waals surface area contributed by atoms with E-state index in [0.29, 0.717) is 17.8 Å². The Kier molecular flexibility index (Phi) is 7.96. The van der Waals surface area contributed by atoms with Gasteiger partial charge in [0.1, 0.15) is 6.54 Å². The lowest BCUT2D eigenvalue weighted by atomic mass is 10.1. The molecule has 9 heteroatoms. The Morgan fingerprint density at radius 3 is 2.45 bits per heavy atom. The molecule has 3 amide bonds. The Balaban J connectivity index is 1.81. The number of benzene rings is 1. The number of carbonyl (C=O) groups excluding carboxylic acids is 4. The first-order valence-corrected chi connectivity index (χ1v) is 9.01. The van der Waals surface area contributed by atoms with Gasteiger partial charge >= 0.3 is 5.97 Å². The molecule has 154 valence electrons. The molecular formula is C20H23N3O6. The number of rotatable bonds is 9. The van der Waals surface area contributed by atoms with E-state index in [-0.39, 0.29) is 17.6 Å². The molecule has 1 aromatic heterocycles. The van der Waals surface area contributed by atoms with E-state index in [1.165, 1.54) is 12.3 Å². The summed E-state index contributed by atoms with van der Waals surface area (Å²) in [6.45, 7) is 3.47. The van der Waals surface area contributed by atoms with Crippen molar-refractivity contribution >= 4 is 29.4 Å². The van der Waals surface area contributed by atoms with E-state index >= 15 is 0 Å². The standard InChI is InChI=1S/C20H23N3O6/c1-13(2)10-21-19(26)14-6-3-4-7-15(14)23-17(24)12-29-18(25)11-22-20(27)16-8-5-9-28-16/h3-9,13H,10-12H2,1-2H3,(H,21,26)(H,22,27)(H,23,24). The Morgan fingerprint density at radius 1 is 1.00 bits per heavy atom. The first-order chi connectivity index (χ1) is 13.9. The molecule has 1 heterocycles. The van der Waals surface area contributed by atoms with Gasteiger partial charge in [0.2, 0.25) is 0 Å². The van der Waals surface area contributed by atoms with Gasteiger partial charge in [0.05, 0.1) is 17.5 Å². The average Bonchev–Trinajstić information content (AvgIpc) is 3.24. The van der Waals surface area contributed by atoms with Crippen LogP contribution in [0.15, 0.2) is 47.1 Å². The van der Waals surface area contributed by atoms with Crippen LogP contribution in [0, 0.1) is 5.92 Å². The highest BCUT2D eigenvalue weighted by atomic mass is 16.5. The minimum Gasteiger partial charge on any atom is -0.459 e. The van der Waals surface area contributed by atoms with Crippen molar-refractivity contribution in [3.63, 3.8) is 0 Å². The Bertz CT molecular complexity index is 861. The highest BCUT2D eigenvalue weighted by Gasteiger charge is 2.15. The van der Waals surface area contributed by atoms with Gasteiger partial charge in [-0.15, -0.1) is 0 Å². The molecule has 0 atom stereocenters. The van der Waals surface area contributed by atoms with Gasteiger partial charge in [0.15, 0.2) is 12.4 Å². The highest BCUT2D eigenvalue weighted by molar-refractivity contribution is 6.04. The SMILES string of the molecule is CC(C)CNC(=O)c1ccccc1NC(=O)COC(=O)CNC(=O)c1ccco1. The van der Waals surface area contributed by atoms with Crippen LogP contribution in [0.5, 0.6) is 0 Å². The second-order valence-corrected chi connectivity index (χ2v) is 6.52. The van der Waals surface area contributed by atoms with Crippen LogP contribution in [0.25, 0.3) is 0 Å². The van der Waals surface area contributed by atoms with Gasteiger partial charge in [-0.3, -0.25) is 19.2 Å². The van der Waals surface area contributed by atoms with Gasteiger partial charge in [0, 0.05) is 6.54 Å². The molecular weight excluding hydrogens is 378 g/mol. The van der Waals surface area contributed by atoms with E-state index in [0.717, 1.165) is 0 Å². The predicted molar refractivity (Wildman–Crippen MR) is 104 cm³/mol. The summed E-state index contributed by atoms with van der Waals surface area (Å²) in [6, 6.07) is 9.50. The highest BCUT2D eigenvalue weighted by Crippen LogP contribution is 2.15. The molecule has 0 radical (unpaired) electrons. The summed E-state index contributed by atoms with van der Waals surface area (Å²) in [7, 11) is 0. The van der Waals surface area contributed by atoms with Gasteiger partial charge in [-0.25, -0.2) is 0 Å². The summed E-state index contributed by atoms with van der Waals surface area (Å²) >= 11 is 0. The number of esters is 1. The van der Waals surface area contributed by atoms with Crippen LogP contribution in [-0.2, 0) is 14.3 Å². The lowest BCUT2D eigenvalue weighted by Crippen LogP contribution is -2.32. The molecule has 0 fully saturated rings. The molecule has 29 heavy (non-hydrogen) atoms. The second kappa shape index (κ2) is 10.6. The van der Waals surface area contributed by atoms with E-state index in [4.69, 9.17) is 9.15 Å². The summed E-state index contributed by atoms with van der Waals surface area (Å²) in [5, 5.41) is 7.63. The van der Waals surface area contributed by atoms with E-state index in [1.807, 2.05) is 13.8 Å². The largest absolute Gasteiger partial charge is 0.459 e. The number of ether oxygens (including phenoxy) is 1. The third kappa shape index (κ3) is 7.13. The fraction of sp³-hybridized carbons (Fsp3) is 0.300. The summed E-state index contributed by atoms with van der Waals surface area (Å²) in [4.78, 5) is 47.7. The molecule has 0 unspecified atom stereocenters. The van der Waals surface area contributed by atoms with Crippen LogP contribution in [0.2, 0.25) is 0 Å². The molecule has 0 saturated carbocycles. The summed E-state index contributed by atoms with van der Waals surface area (Å²) in [5.41, 5.74) is 0.611. The molecule has 9 nitrogen and oxygen atoms in total. The predicted octanol–water partition coefficient (Wildman–Crippen LogP) is 1.58. The molecule has 0 aliphatic carbocycles. The fourth-order valence-corrected chi connectivity index (χ4v) is 2.21. The molecule has 0 spiro atoms. The lowest BCUT2D eigenvalue weighted by Gasteiger charge is -2.12. The van der Waals surface area contributed by atoms with Gasteiger partial charge in [0.25, 0.3) is 17.7 Å². The number of nitrogens with one attached hydrogen (secondary N) is 3. The van der Waals surface area contributed by atoms with Crippen LogP contribution in [0.3, 0.4) is 0 Å². The first kappa shape index (κ1) is 21.7. The number of para-hydroxylation sites is 1. The Labute approximate surface area is 167 Å². The van der Waals surface area contributed by atoms with Gasteiger partial charge < -0.3 is 25.1 Å². The van der Waals surface area contributed by atoms with Crippen molar-refractivity contribution in [1.82, 2.24) is 10.6 Å². The van der Waals surface area contributed by atoms with Crippen LogP contribution >= 0.6 is 0 Å². The maximum atomic E-state index is 12.3. The van der Waals surface area contributed by atoms with Crippen molar-refractivity contribution in [3.8, 4) is 0 Å². The van der Waals surface area contributed by atoms with Crippen LogP contribution < -0.4 is 16.0 Å². The topological polar surface area (TPSA) is 127 Å². The van der Waals surface area contributed by atoms with Crippen LogP contribution in [0.1, 0.15) is 34.8 Å². The average molecular weight is 401 g/mol. The number of carbonyl (C=O) groups is 4. The van der Waals surface area contributed by atoms with E-state index in [2.05, 4.69) is 16.0 Å². The van der Waals surface area contributed by atoms with Gasteiger partial charge in [-0.2, -0.15) is 0 Å². The number of hydrogen-bond donors (Lipinski definition) is 3. The smallest absolute Gasteiger partial charge is 0.325 e. The normalized spacial score (nSPS) is 10.3. The van der Waals surface area contributed by atoms with Crippen molar-refractivity contribution in [2.45, 2.75) is 13.8 Å². The maximum absolute atomic E-state index is 12.3. The summed E-state index contributed by atoms with van der Waals surface area (Å²) < 4.78 is 9.72. The van der Waals surface area contributed by atoms with Gasteiger partial charge in [-0.05, 0) is 30.2 Å². The maximum Gasteiger partial charge on any atom is 0.325 e. The third-order valence-corrected chi connectivity index (χ3v) is 3.62. The van der Waals surface area contributed by atoms with Crippen molar-refractivity contribution < 1.29 is 28.3 Å². The van der Waals surface area contributed by atoms with Crippen molar-refractivity contribution in [3.05, 3.63) is 54.0 Å². The number of amides is 3. The molecule has 0 saturated heterocycles. The Hall–Kier alpha value is -3.62. The van der Waals surface area contributed by atoms with Crippen LogP contribution in [0.4, 0.5) is 5.69 Å². The van der Waals surface area contributed by atoms with Crippen LogP contribution in [-0.4, -0.2) is 43.4 Å². The molecule has 0 aliphatic heterocycles. The van der Waals surface area contributed by atoms with E-state index in [1.54, 1.807) is 30.3 Å². The zero-order chi connectivity index (χ0) is 21.2. The first-order valence-electron chi connectivity index (χ1n) is 9.01. The lowest BCUT2D eigenvalue weighted by molar-refractivity contribution is -0.146. The quantitative estimate of drug-likeness (QED) is 0.548. The minimum absolute atomic E-state index is 0.0582. The third-order valence-electron chi connectivity index (χ3n) is 3.62. The number of anilines is 1. The number of hydrogen-bond acceptors (Lipinski definition) is 6. The van der Waals surface area contributed by atoms with Crippen molar-refractivity contribution in [2.24, 2.45) is 5.92 Å². The molecule has 0 bridgehead atoms. The Morgan fingerprint density at radius 2 is 1.76 bits per heavy atom. The molecule has 1 aromatic carbocycles. The molecule has 2 aromatic rings. The zero-order valence-corrected chi connectivity index (χ0v) is 16.2. The van der Waals surface area contributed by atoms with E-state index in [9.17, 15) is 19.2 Å².